The third-order valence-electron chi connectivity index (χ3n) is 10.4. The normalized spacial score (nSPS) is 42.6. The summed E-state index contributed by atoms with van der Waals surface area (Å²) in [6.07, 6.45) is 22.4. The highest BCUT2D eigenvalue weighted by molar-refractivity contribution is 5.38. The maximum absolute atomic E-state index is 10.9. The molecule has 4 rings (SSSR count). The van der Waals surface area contributed by atoms with Crippen LogP contribution in [-0.2, 0) is 9.53 Å². The zero-order valence-electron chi connectivity index (χ0n) is 20.4. The Morgan fingerprint density at radius 2 is 1.97 bits per heavy atom. The Kier molecular flexibility index (Phi) is 6.63. The second-order valence-electron chi connectivity index (χ2n) is 12.2. The number of allylic oxidation sites excluding steroid dienone is 1. The average Bonchev–Trinajstić information content (AvgIpc) is 3.08. The van der Waals surface area contributed by atoms with Crippen LogP contribution in [0.15, 0.2) is 11.6 Å². The summed E-state index contributed by atoms with van der Waals surface area (Å²) in [4.78, 5) is 10.9. The molecule has 0 heterocycles. The predicted octanol–water partition coefficient (Wildman–Crippen LogP) is 7.18. The minimum atomic E-state index is 0.0975. The molecule has 0 aliphatic heterocycles. The number of terminal acetylenes is 1. The maximum atomic E-state index is 10.9. The van der Waals surface area contributed by atoms with Crippen molar-refractivity contribution in [1.82, 2.24) is 0 Å². The molecule has 0 bridgehead atoms. The van der Waals surface area contributed by atoms with Crippen molar-refractivity contribution in [2.24, 2.45) is 46.3 Å². The molecule has 0 aromatic rings. The van der Waals surface area contributed by atoms with Crippen LogP contribution in [0.5, 0.6) is 0 Å². The average molecular weight is 425 g/mol. The van der Waals surface area contributed by atoms with Crippen molar-refractivity contribution in [3.05, 3.63) is 11.6 Å². The first-order valence-electron chi connectivity index (χ1n) is 13.1. The van der Waals surface area contributed by atoms with Gasteiger partial charge in [0.05, 0.1) is 0 Å². The van der Waals surface area contributed by atoms with E-state index < -0.39 is 0 Å². The van der Waals surface area contributed by atoms with E-state index >= 15 is 0 Å². The minimum absolute atomic E-state index is 0.0975. The van der Waals surface area contributed by atoms with Crippen molar-refractivity contribution < 1.29 is 9.53 Å². The smallest absolute Gasteiger partial charge is 0.293 e. The van der Waals surface area contributed by atoms with Crippen LogP contribution in [0.4, 0.5) is 0 Å². The lowest BCUT2D eigenvalue weighted by molar-refractivity contribution is -0.136. The number of carbonyl (C=O) groups is 1. The Bertz CT molecular complexity index is 730. The lowest BCUT2D eigenvalue weighted by atomic mass is 9.47. The fourth-order valence-electron chi connectivity index (χ4n) is 8.67. The van der Waals surface area contributed by atoms with E-state index in [9.17, 15) is 4.79 Å². The summed E-state index contributed by atoms with van der Waals surface area (Å²) < 4.78 is 5.36. The molecule has 5 unspecified atom stereocenters. The van der Waals surface area contributed by atoms with Crippen LogP contribution in [0.25, 0.3) is 0 Å². The lowest BCUT2D eigenvalue weighted by Gasteiger charge is -2.58. The van der Waals surface area contributed by atoms with Crippen LogP contribution in [0.1, 0.15) is 98.3 Å². The summed E-state index contributed by atoms with van der Waals surface area (Å²) in [6, 6.07) is 0. The van der Waals surface area contributed by atoms with Crippen LogP contribution < -0.4 is 0 Å². The second kappa shape index (κ2) is 8.96. The molecule has 0 saturated heterocycles. The molecule has 2 heteroatoms. The number of ether oxygens (including phenoxy) is 1. The summed E-state index contributed by atoms with van der Waals surface area (Å²) >= 11 is 0. The Morgan fingerprint density at radius 3 is 2.68 bits per heavy atom. The van der Waals surface area contributed by atoms with E-state index in [-0.39, 0.29) is 6.10 Å². The van der Waals surface area contributed by atoms with Gasteiger partial charge in [-0.3, -0.25) is 4.79 Å². The van der Waals surface area contributed by atoms with Gasteiger partial charge in [-0.1, -0.05) is 52.2 Å². The zero-order chi connectivity index (χ0) is 22.2. The van der Waals surface area contributed by atoms with Crippen molar-refractivity contribution in [2.75, 3.05) is 0 Å². The topological polar surface area (TPSA) is 26.3 Å². The molecule has 3 saturated carbocycles. The van der Waals surface area contributed by atoms with Gasteiger partial charge >= 0.3 is 0 Å². The van der Waals surface area contributed by atoms with Crippen LogP contribution in [0.3, 0.4) is 0 Å². The lowest BCUT2D eigenvalue weighted by Crippen LogP contribution is -2.51. The molecule has 2 nitrogen and oxygen atoms in total. The number of rotatable bonds is 7. The number of carbonyl (C=O) groups excluding carboxylic acids is 1. The summed E-state index contributed by atoms with van der Waals surface area (Å²) in [5.74, 6) is 7.66. The van der Waals surface area contributed by atoms with E-state index in [1.165, 1.54) is 57.8 Å². The second-order valence-corrected chi connectivity index (χ2v) is 12.2. The quantitative estimate of drug-likeness (QED) is 0.246. The highest BCUT2D eigenvalue weighted by Gasteiger charge is 2.59. The van der Waals surface area contributed by atoms with Gasteiger partial charge in [-0.15, -0.1) is 12.3 Å². The molecule has 0 aromatic carbocycles. The Balaban J connectivity index is 1.50. The summed E-state index contributed by atoms with van der Waals surface area (Å²) in [5, 5.41) is 0. The molecule has 0 spiro atoms. The molecule has 0 radical (unpaired) electrons. The number of fused-ring (bicyclic) bond motifs is 5. The highest BCUT2D eigenvalue weighted by Crippen LogP contribution is 2.67. The van der Waals surface area contributed by atoms with Gasteiger partial charge in [0.25, 0.3) is 6.47 Å². The molecule has 4 aliphatic carbocycles. The molecule has 8 atom stereocenters. The van der Waals surface area contributed by atoms with Gasteiger partial charge in [-0.2, -0.15) is 0 Å². The van der Waals surface area contributed by atoms with Crippen LogP contribution in [0.2, 0.25) is 0 Å². The van der Waals surface area contributed by atoms with E-state index in [1.54, 1.807) is 5.57 Å². The maximum Gasteiger partial charge on any atom is 0.293 e. The summed E-state index contributed by atoms with van der Waals surface area (Å²) in [6.45, 7) is 10.4. The van der Waals surface area contributed by atoms with Gasteiger partial charge in [0, 0.05) is 12.3 Å². The zero-order valence-corrected chi connectivity index (χ0v) is 20.4. The molecule has 0 aromatic heterocycles. The number of hydrogen-bond acceptors (Lipinski definition) is 2. The van der Waals surface area contributed by atoms with E-state index in [2.05, 4.69) is 39.7 Å². The first-order valence-corrected chi connectivity index (χ1v) is 13.1. The third-order valence-corrected chi connectivity index (χ3v) is 10.4. The first-order chi connectivity index (χ1) is 14.8. The first kappa shape index (κ1) is 22.9. The number of hydrogen-bond donors (Lipinski definition) is 0. The molecular weight excluding hydrogens is 380 g/mol. The van der Waals surface area contributed by atoms with E-state index in [0.29, 0.717) is 29.1 Å². The molecule has 3 fully saturated rings. The monoisotopic (exact) mass is 424 g/mol. The van der Waals surface area contributed by atoms with Gasteiger partial charge in [0.1, 0.15) is 6.10 Å². The molecule has 0 amide bonds. The Morgan fingerprint density at radius 1 is 1.16 bits per heavy atom. The van der Waals surface area contributed by atoms with Crippen LogP contribution in [-0.4, -0.2) is 12.6 Å². The molecule has 0 N–H and O–H groups in total. The van der Waals surface area contributed by atoms with Crippen LogP contribution in [0, 0.1) is 58.7 Å². The summed E-state index contributed by atoms with van der Waals surface area (Å²) in [7, 11) is 0. The highest BCUT2D eigenvalue weighted by atomic mass is 16.5. The minimum Gasteiger partial charge on any atom is -0.464 e. The largest absolute Gasteiger partial charge is 0.464 e. The van der Waals surface area contributed by atoms with Crippen molar-refractivity contribution in [2.45, 2.75) is 104 Å². The van der Waals surface area contributed by atoms with Crippen molar-refractivity contribution >= 4 is 6.47 Å². The van der Waals surface area contributed by atoms with E-state index in [4.69, 9.17) is 11.2 Å². The fourth-order valence-corrected chi connectivity index (χ4v) is 8.67. The van der Waals surface area contributed by atoms with Gasteiger partial charge in [-0.05, 0) is 91.8 Å². The van der Waals surface area contributed by atoms with Crippen molar-refractivity contribution in [3.8, 4) is 12.3 Å². The molecule has 4 aliphatic rings. The van der Waals surface area contributed by atoms with Gasteiger partial charge in [-0.25, -0.2) is 0 Å². The SMILES string of the molecule is C#C[C@H](CCCC(C)C)C1CCC2C3CC=C4CC(OC=O)CC[C@]4(C)C3CC[C@@]21C. The fraction of sp³-hybridized carbons (Fsp3) is 0.828. The third kappa shape index (κ3) is 4.00. The molecular formula is C29H44O2. The Labute approximate surface area is 191 Å². The van der Waals surface area contributed by atoms with Gasteiger partial charge in [0.2, 0.25) is 0 Å². The Hall–Kier alpha value is -1.23. The molecule has 31 heavy (non-hydrogen) atoms. The molecule has 172 valence electrons. The summed E-state index contributed by atoms with van der Waals surface area (Å²) in [5.41, 5.74) is 2.32. The van der Waals surface area contributed by atoms with Gasteiger partial charge < -0.3 is 4.74 Å². The van der Waals surface area contributed by atoms with Crippen LogP contribution >= 0.6 is 0 Å². The van der Waals surface area contributed by atoms with E-state index in [1.807, 2.05) is 0 Å². The van der Waals surface area contributed by atoms with Gasteiger partial charge in [0.15, 0.2) is 0 Å². The standard InChI is InChI=1S/C29H44O2/c1-6-21(9-7-8-20(2)3)25-12-13-26-24-11-10-22-18-23(31-19-30)14-16-28(22,4)27(24)15-17-29(25,26)5/h1,10,19-21,23-27H,7-9,11-18H2,2-5H3/t21-,23?,24?,25?,26?,27?,28+,29-/m1/s1. The van der Waals surface area contributed by atoms with Crippen molar-refractivity contribution in [3.63, 3.8) is 0 Å². The predicted molar refractivity (Wildman–Crippen MR) is 127 cm³/mol. The van der Waals surface area contributed by atoms with Crippen molar-refractivity contribution in [1.29, 1.82) is 0 Å². The van der Waals surface area contributed by atoms with E-state index in [0.717, 1.165) is 36.5 Å².